The monoisotopic (exact) mass is 303 g/mol. The minimum absolute atomic E-state index is 0.00244. The Hall–Kier alpha value is -2.29. The highest BCUT2D eigenvalue weighted by atomic mass is 32.2. The summed E-state index contributed by atoms with van der Waals surface area (Å²) in [5, 5.41) is 18.1. The van der Waals surface area contributed by atoms with E-state index in [-0.39, 0.29) is 17.7 Å². The fourth-order valence-corrected chi connectivity index (χ4v) is 2.35. The Morgan fingerprint density at radius 3 is 2.50 bits per heavy atom. The van der Waals surface area contributed by atoms with Crippen LogP contribution in [0.25, 0.3) is 0 Å². The molecule has 0 aromatic heterocycles. The summed E-state index contributed by atoms with van der Waals surface area (Å²) in [6.07, 6.45) is -0.314. The minimum atomic E-state index is -3.80. The quantitative estimate of drug-likeness (QED) is 0.648. The molecule has 0 saturated heterocycles. The Bertz CT molecular complexity index is 624. The van der Waals surface area contributed by atoms with E-state index < -0.39 is 33.5 Å². The normalized spacial score (nSPS) is 10.8. The van der Waals surface area contributed by atoms with Crippen molar-refractivity contribution in [2.45, 2.75) is 6.42 Å². The summed E-state index contributed by atoms with van der Waals surface area (Å²) in [5.41, 5.74) is -0.347. The minimum Gasteiger partial charge on any atom is -0.507 e. The lowest BCUT2D eigenvalue weighted by Crippen LogP contribution is -2.19. The number of aromatic hydroxyl groups is 1. The SMILES string of the molecule is COC(=O)CCS(=O)(=O)Nc1ccc(C(=O)O)c(O)c1. The van der Waals surface area contributed by atoms with E-state index >= 15 is 0 Å². The third kappa shape index (κ3) is 4.43. The van der Waals surface area contributed by atoms with Gasteiger partial charge in [-0.05, 0) is 12.1 Å². The van der Waals surface area contributed by atoms with Crippen molar-refractivity contribution in [1.29, 1.82) is 0 Å². The van der Waals surface area contributed by atoms with Gasteiger partial charge < -0.3 is 14.9 Å². The van der Waals surface area contributed by atoms with E-state index in [9.17, 15) is 23.1 Å². The van der Waals surface area contributed by atoms with Gasteiger partial charge in [-0.1, -0.05) is 0 Å². The molecule has 3 N–H and O–H groups in total. The number of methoxy groups -OCH3 is 1. The lowest BCUT2D eigenvalue weighted by molar-refractivity contribution is -0.140. The molecule has 1 aromatic rings. The number of aromatic carboxylic acids is 1. The molecule has 0 heterocycles. The number of hydrogen-bond acceptors (Lipinski definition) is 6. The molecule has 0 spiro atoms. The van der Waals surface area contributed by atoms with Crippen molar-refractivity contribution in [3.8, 4) is 5.75 Å². The maximum absolute atomic E-state index is 11.6. The van der Waals surface area contributed by atoms with E-state index in [1.54, 1.807) is 0 Å². The number of carbonyl (C=O) groups is 2. The number of carboxylic acids is 1. The van der Waals surface area contributed by atoms with Gasteiger partial charge in [-0.2, -0.15) is 0 Å². The lowest BCUT2D eigenvalue weighted by Gasteiger charge is -2.08. The molecule has 0 atom stereocenters. The van der Waals surface area contributed by atoms with Gasteiger partial charge in [0, 0.05) is 6.07 Å². The van der Waals surface area contributed by atoms with Crippen LogP contribution in [-0.4, -0.2) is 43.4 Å². The Balaban J connectivity index is 2.80. The molecule has 0 bridgehead atoms. The predicted molar refractivity (Wildman–Crippen MR) is 69.1 cm³/mol. The number of carbonyl (C=O) groups excluding carboxylic acids is 1. The Labute approximate surface area is 115 Å². The van der Waals surface area contributed by atoms with Crippen LogP contribution in [0.4, 0.5) is 5.69 Å². The van der Waals surface area contributed by atoms with Gasteiger partial charge in [-0.25, -0.2) is 13.2 Å². The number of nitrogens with one attached hydrogen (secondary N) is 1. The number of rotatable bonds is 6. The summed E-state index contributed by atoms with van der Waals surface area (Å²) < 4.78 is 29.7. The fraction of sp³-hybridized carbons (Fsp3) is 0.273. The molecule has 110 valence electrons. The van der Waals surface area contributed by atoms with Crippen molar-refractivity contribution in [3.63, 3.8) is 0 Å². The van der Waals surface area contributed by atoms with Crippen molar-refractivity contribution in [2.24, 2.45) is 0 Å². The molecule has 20 heavy (non-hydrogen) atoms. The standard InChI is InChI=1S/C11H13NO7S/c1-19-10(14)4-5-20(17,18)12-7-2-3-8(11(15)16)9(13)6-7/h2-3,6,12-13H,4-5H2,1H3,(H,15,16). The molecule has 1 rings (SSSR count). The van der Waals surface area contributed by atoms with Gasteiger partial charge in [0.1, 0.15) is 11.3 Å². The van der Waals surface area contributed by atoms with E-state index in [4.69, 9.17) is 5.11 Å². The smallest absolute Gasteiger partial charge is 0.339 e. The third-order valence-electron chi connectivity index (χ3n) is 2.30. The maximum atomic E-state index is 11.6. The van der Waals surface area contributed by atoms with Gasteiger partial charge in [-0.3, -0.25) is 9.52 Å². The fourth-order valence-electron chi connectivity index (χ4n) is 1.33. The number of hydrogen-bond donors (Lipinski definition) is 3. The third-order valence-corrected chi connectivity index (χ3v) is 3.59. The lowest BCUT2D eigenvalue weighted by atomic mass is 10.2. The van der Waals surface area contributed by atoms with Crippen LogP contribution in [0.2, 0.25) is 0 Å². The van der Waals surface area contributed by atoms with Crippen molar-refractivity contribution in [3.05, 3.63) is 23.8 Å². The van der Waals surface area contributed by atoms with Gasteiger partial charge in [-0.15, -0.1) is 0 Å². The Morgan fingerprint density at radius 1 is 1.35 bits per heavy atom. The van der Waals surface area contributed by atoms with Crippen LogP contribution in [0.3, 0.4) is 0 Å². The number of ether oxygens (including phenoxy) is 1. The number of esters is 1. The molecule has 8 nitrogen and oxygen atoms in total. The highest BCUT2D eigenvalue weighted by Crippen LogP contribution is 2.22. The van der Waals surface area contributed by atoms with Crippen molar-refractivity contribution < 1.29 is 33.0 Å². The largest absolute Gasteiger partial charge is 0.507 e. The molecule has 0 saturated carbocycles. The van der Waals surface area contributed by atoms with Crippen LogP contribution >= 0.6 is 0 Å². The second-order valence-electron chi connectivity index (χ2n) is 3.78. The summed E-state index contributed by atoms with van der Waals surface area (Å²) in [6, 6.07) is 3.23. The predicted octanol–water partition coefficient (Wildman–Crippen LogP) is 0.395. The van der Waals surface area contributed by atoms with Crippen LogP contribution in [0, 0.1) is 0 Å². The molecule has 0 aliphatic rings. The van der Waals surface area contributed by atoms with E-state index in [1.165, 1.54) is 6.07 Å². The molecule has 1 aromatic carbocycles. The first-order chi connectivity index (χ1) is 9.25. The van der Waals surface area contributed by atoms with Crippen LogP contribution in [0.15, 0.2) is 18.2 Å². The molecule has 0 radical (unpaired) electrons. The zero-order valence-electron chi connectivity index (χ0n) is 10.5. The topological polar surface area (TPSA) is 130 Å². The van der Waals surface area contributed by atoms with Crippen LogP contribution < -0.4 is 4.72 Å². The molecular formula is C11H13NO7S. The van der Waals surface area contributed by atoms with Crippen molar-refractivity contribution in [2.75, 3.05) is 17.6 Å². The number of phenols is 1. The van der Waals surface area contributed by atoms with Gasteiger partial charge in [0.25, 0.3) is 0 Å². The number of sulfonamides is 1. The number of anilines is 1. The summed E-state index contributed by atoms with van der Waals surface area (Å²) in [5.74, 6) is -3.05. The molecule has 9 heteroatoms. The molecule has 0 aliphatic heterocycles. The Morgan fingerprint density at radius 2 is 2.00 bits per heavy atom. The highest BCUT2D eigenvalue weighted by molar-refractivity contribution is 7.92. The second-order valence-corrected chi connectivity index (χ2v) is 5.63. The summed E-state index contributed by atoms with van der Waals surface area (Å²) >= 11 is 0. The maximum Gasteiger partial charge on any atom is 0.339 e. The first kappa shape index (κ1) is 15.8. The first-order valence-electron chi connectivity index (χ1n) is 5.39. The van der Waals surface area contributed by atoms with Crippen LogP contribution in [0.1, 0.15) is 16.8 Å². The van der Waals surface area contributed by atoms with Gasteiger partial charge >= 0.3 is 11.9 Å². The first-order valence-corrected chi connectivity index (χ1v) is 7.04. The average Bonchev–Trinajstić information content (AvgIpc) is 2.35. The van der Waals surface area contributed by atoms with E-state index in [0.29, 0.717) is 0 Å². The van der Waals surface area contributed by atoms with Crippen LogP contribution in [-0.2, 0) is 19.6 Å². The molecule has 0 amide bonds. The van der Waals surface area contributed by atoms with E-state index in [0.717, 1.165) is 19.2 Å². The summed E-state index contributed by atoms with van der Waals surface area (Å²) in [6.45, 7) is 0. The molecule has 0 aliphatic carbocycles. The van der Waals surface area contributed by atoms with Gasteiger partial charge in [0.05, 0.1) is 25.0 Å². The van der Waals surface area contributed by atoms with E-state index in [1.807, 2.05) is 0 Å². The zero-order valence-corrected chi connectivity index (χ0v) is 11.3. The zero-order chi connectivity index (χ0) is 15.3. The summed E-state index contributed by atoms with van der Waals surface area (Å²) in [7, 11) is -2.66. The van der Waals surface area contributed by atoms with Crippen molar-refractivity contribution in [1.82, 2.24) is 0 Å². The second kappa shape index (κ2) is 6.24. The average molecular weight is 303 g/mol. The number of carboxylic acid groups (broad SMARTS) is 1. The summed E-state index contributed by atoms with van der Waals surface area (Å²) in [4.78, 5) is 21.5. The highest BCUT2D eigenvalue weighted by Gasteiger charge is 2.15. The molecule has 0 fully saturated rings. The van der Waals surface area contributed by atoms with Crippen LogP contribution in [0.5, 0.6) is 5.75 Å². The van der Waals surface area contributed by atoms with Gasteiger partial charge in [0.2, 0.25) is 10.0 Å². The molecule has 0 unspecified atom stereocenters. The Kier molecular flexibility index (Phi) is 4.92. The molecular weight excluding hydrogens is 290 g/mol. The van der Waals surface area contributed by atoms with Gasteiger partial charge in [0.15, 0.2) is 0 Å². The number of benzene rings is 1. The van der Waals surface area contributed by atoms with E-state index in [2.05, 4.69) is 9.46 Å². The van der Waals surface area contributed by atoms with Crippen molar-refractivity contribution >= 4 is 27.6 Å².